The van der Waals surface area contributed by atoms with Crippen molar-refractivity contribution < 1.29 is 9.53 Å². The van der Waals surface area contributed by atoms with E-state index >= 15 is 0 Å². The lowest BCUT2D eigenvalue weighted by molar-refractivity contribution is 0.0272. The van der Waals surface area contributed by atoms with Gasteiger partial charge in [0.1, 0.15) is 0 Å². The summed E-state index contributed by atoms with van der Waals surface area (Å²) in [6.45, 7) is 5.46. The first kappa shape index (κ1) is 13.8. The van der Waals surface area contributed by atoms with Crippen LogP contribution in [0.15, 0.2) is 18.2 Å². The molecule has 1 unspecified atom stereocenters. The van der Waals surface area contributed by atoms with Crippen LogP contribution in [0.3, 0.4) is 0 Å². The van der Waals surface area contributed by atoms with Crippen LogP contribution in [0, 0.1) is 10.5 Å². The first-order chi connectivity index (χ1) is 8.52. The van der Waals surface area contributed by atoms with E-state index in [0.29, 0.717) is 6.61 Å². The van der Waals surface area contributed by atoms with Crippen molar-refractivity contribution in [3.8, 4) is 0 Å². The number of hydrogen-bond acceptors (Lipinski definition) is 2. The molecule has 3 nitrogen and oxygen atoms in total. The molecule has 1 saturated heterocycles. The summed E-state index contributed by atoms with van der Waals surface area (Å²) in [5.74, 6) is -0.00361. The van der Waals surface area contributed by atoms with Crippen LogP contribution < -0.4 is 5.32 Å². The van der Waals surface area contributed by atoms with Gasteiger partial charge in [-0.3, -0.25) is 4.79 Å². The number of ether oxygens (including phenoxy) is 1. The third kappa shape index (κ3) is 3.03. The first-order valence-corrected chi connectivity index (χ1v) is 7.25. The number of carbonyl (C=O) groups excluding carboxylic acids is 1. The minimum Gasteiger partial charge on any atom is -0.379 e. The van der Waals surface area contributed by atoms with E-state index in [1.165, 1.54) is 0 Å². The van der Waals surface area contributed by atoms with Crippen LogP contribution in [-0.2, 0) is 4.74 Å². The number of hydrogen-bond donors (Lipinski definition) is 1. The quantitative estimate of drug-likeness (QED) is 0.825. The Labute approximate surface area is 121 Å². The molecule has 18 heavy (non-hydrogen) atoms. The van der Waals surface area contributed by atoms with Gasteiger partial charge >= 0.3 is 0 Å². The molecular formula is C14H18INO2. The summed E-state index contributed by atoms with van der Waals surface area (Å²) in [5, 5.41) is 3.11. The average Bonchev–Trinajstić information content (AvgIpc) is 2.33. The van der Waals surface area contributed by atoms with Crippen molar-refractivity contribution in [1.82, 2.24) is 5.32 Å². The summed E-state index contributed by atoms with van der Waals surface area (Å²) in [5.41, 5.74) is 1.65. The monoisotopic (exact) mass is 359 g/mol. The van der Waals surface area contributed by atoms with E-state index < -0.39 is 0 Å². The van der Waals surface area contributed by atoms with Gasteiger partial charge in [0.25, 0.3) is 5.91 Å². The van der Waals surface area contributed by atoms with Gasteiger partial charge in [0.2, 0.25) is 0 Å². The predicted octanol–water partition coefficient (Wildman–Crippen LogP) is 2.90. The highest BCUT2D eigenvalue weighted by Gasteiger charge is 2.30. The third-order valence-electron chi connectivity index (χ3n) is 3.29. The van der Waals surface area contributed by atoms with Gasteiger partial charge in [-0.15, -0.1) is 0 Å². The number of rotatable bonds is 2. The molecule has 0 radical (unpaired) electrons. The summed E-state index contributed by atoms with van der Waals surface area (Å²) in [7, 11) is 0. The zero-order chi connectivity index (χ0) is 13.2. The molecule has 0 bridgehead atoms. The van der Waals surface area contributed by atoms with Crippen LogP contribution in [-0.4, -0.2) is 24.7 Å². The summed E-state index contributed by atoms with van der Waals surface area (Å²) in [6.07, 6.45) is 1.98. The van der Waals surface area contributed by atoms with E-state index in [2.05, 4.69) is 27.9 Å². The Morgan fingerprint density at radius 2 is 2.28 bits per heavy atom. The van der Waals surface area contributed by atoms with Gasteiger partial charge in [-0.25, -0.2) is 0 Å². The van der Waals surface area contributed by atoms with Crippen LogP contribution in [0.2, 0.25) is 0 Å². The van der Waals surface area contributed by atoms with Crippen LogP contribution >= 0.6 is 22.6 Å². The second-order valence-electron chi connectivity index (χ2n) is 5.11. The minimum absolute atomic E-state index is 0.00361. The van der Waals surface area contributed by atoms with Crippen LogP contribution in [0.1, 0.15) is 35.7 Å². The van der Waals surface area contributed by atoms with Crippen molar-refractivity contribution >= 4 is 28.5 Å². The zero-order valence-corrected chi connectivity index (χ0v) is 12.9. The third-order valence-corrected chi connectivity index (χ3v) is 4.72. The largest absolute Gasteiger partial charge is 0.379 e. The molecule has 1 amide bonds. The van der Waals surface area contributed by atoms with Gasteiger partial charge in [-0.2, -0.15) is 0 Å². The van der Waals surface area contributed by atoms with Crippen LogP contribution in [0.25, 0.3) is 0 Å². The number of carbonyl (C=O) groups is 1. The molecule has 1 heterocycles. The van der Waals surface area contributed by atoms with Gasteiger partial charge in [0.05, 0.1) is 17.7 Å². The summed E-state index contributed by atoms with van der Waals surface area (Å²) >= 11 is 2.23. The highest BCUT2D eigenvalue weighted by Crippen LogP contribution is 2.21. The number of halogens is 1. The lowest BCUT2D eigenvalue weighted by Crippen LogP contribution is -2.51. The number of amides is 1. The first-order valence-electron chi connectivity index (χ1n) is 6.17. The number of aryl methyl sites for hydroxylation is 1. The molecular weight excluding hydrogens is 341 g/mol. The maximum atomic E-state index is 12.3. The minimum atomic E-state index is -0.234. The zero-order valence-electron chi connectivity index (χ0n) is 10.8. The highest BCUT2D eigenvalue weighted by molar-refractivity contribution is 14.1. The maximum Gasteiger partial charge on any atom is 0.252 e. The highest BCUT2D eigenvalue weighted by atomic mass is 127. The number of nitrogens with one attached hydrogen (secondary N) is 1. The molecule has 1 aromatic carbocycles. The van der Waals surface area contributed by atoms with Gasteiger partial charge in [0, 0.05) is 10.2 Å². The van der Waals surface area contributed by atoms with E-state index in [-0.39, 0.29) is 11.4 Å². The van der Waals surface area contributed by atoms with Gasteiger partial charge in [0.15, 0.2) is 0 Å². The summed E-state index contributed by atoms with van der Waals surface area (Å²) < 4.78 is 6.48. The van der Waals surface area contributed by atoms with Crippen LogP contribution in [0.4, 0.5) is 0 Å². The molecule has 0 spiro atoms. The second-order valence-corrected chi connectivity index (χ2v) is 6.19. The standard InChI is InChI=1S/C14H18INO2/c1-10-5-3-6-11(12(10)15)13(17)16-14(2)7-4-8-18-9-14/h3,5-6H,4,7-9H2,1-2H3,(H,16,17). The molecule has 4 heteroatoms. The molecule has 2 rings (SSSR count). The van der Waals surface area contributed by atoms with Crippen molar-refractivity contribution in [3.05, 3.63) is 32.9 Å². The van der Waals surface area contributed by atoms with Gasteiger partial charge < -0.3 is 10.1 Å². The van der Waals surface area contributed by atoms with Crippen molar-refractivity contribution in [2.24, 2.45) is 0 Å². The molecule has 0 saturated carbocycles. The molecule has 1 aliphatic rings. The fourth-order valence-corrected chi connectivity index (χ4v) is 2.80. The van der Waals surface area contributed by atoms with Crippen molar-refractivity contribution in [2.45, 2.75) is 32.2 Å². The average molecular weight is 359 g/mol. The normalized spacial score (nSPS) is 23.7. The predicted molar refractivity (Wildman–Crippen MR) is 79.8 cm³/mol. The summed E-state index contributed by atoms with van der Waals surface area (Å²) in [4.78, 5) is 12.3. The van der Waals surface area contributed by atoms with Crippen molar-refractivity contribution in [1.29, 1.82) is 0 Å². The van der Waals surface area contributed by atoms with E-state index in [9.17, 15) is 4.79 Å². The SMILES string of the molecule is Cc1cccc(C(=O)NC2(C)CCCOC2)c1I. The van der Waals surface area contributed by atoms with Crippen LogP contribution in [0.5, 0.6) is 0 Å². The lowest BCUT2D eigenvalue weighted by atomic mass is 9.94. The molecule has 0 aliphatic carbocycles. The van der Waals surface area contributed by atoms with Gasteiger partial charge in [-0.05, 0) is 60.9 Å². The fourth-order valence-electron chi connectivity index (χ4n) is 2.20. The van der Waals surface area contributed by atoms with Crippen molar-refractivity contribution in [3.63, 3.8) is 0 Å². The van der Waals surface area contributed by atoms with E-state index in [4.69, 9.17) is 4.74 Å². The van der Waals surface area contributed by atoms with E-state index in [0.717, 1.165) is 34.1 Å². The van der Waals surface area contributed by atoms with Gasteiger partial charge in [-0.1, -0.05) is 12.1 Å². The Kier molecular flexibility index (Phi) is 4.27. The molecule has 1 aromatic rings. The lowest BCUT2D eigenvalue weighted by Gasteiger charge is -2.34. The molecule has 1 N–H and O–H groups in total. The topological polar surface area (TPSA) is 38.3 Å². The Morgan fingerprint density at radius 1 is 1.50 bits per heavy atom. The molecule has 1 atom stereocenters. The molecule has 1 aliphatic heterocycles. The Bertz CT molecular complexity index is 453. The fraction of sp³-hybridized carbons (Fsp3) is 0.500. The smallest absolute Gasteiger partial charge is 0.252 e. The van der Waals surface area contributed by atoms with Crippen molar-refractivity contribution in [2.75, 3.05) is 13.2 Å². The molecule has 0 aromatic heterocycles. The Hall–Kier alpha value is -0.620. The second kappa shape index (κ2) is 5.57. The number of benzene rings is 1. The van der Waals surface area contributed by atoms with E-state index in [1.807, 2.05) is 32.0 Å². The summed E-state index contributed by atoms with van der Waals surface area (Å²) in [6, 6.07) is 5.81. The van der Waals surface area contributed by atoms with E-state index in [1.54, 1.807) is 0 Å². The molecule has 1 fully saturated rings. The Morgan fingerprint density at radius 3 is 2.94 bits per heavy atom. The Balaban J connectivity index is 2.14. The molecule has 98 valence electrons. The maximum absolute atomic E-state index is 12.3.